The molecule has 0 amide bonds. The van der Waals surface area contributed by atoms with Crippen molar-refractivity contribution in [1.82, 2.24) is 4.90 Å². The van der Waals surface area contributed by atoms with E-state index in [1.165, 1.54) is 25.7 Å². The first-order chi connectivity index (χ1) is 8.19. The molecule has 0 bridgehead atoms. The number of rotatable bonds is 4. The predicted molar refractivity (Wildman–Crippen MR) is 67.6 cm³/mol. The lowest BCUT2D eigenvalue weighted by molar-refractivity contribution is -0.148. The molecule has 1 spiro atoms. The lowest BCUT2D eigenvalue weighted by atomic mass is 9.73. The first-order valence-corrected chi connectivity index (χ1v) is 6.97. The summed E-state index contributed by atoms with van der Waals surface area (Å²) in [5.41, 5.74) is 0.215. The molecule has 17 heavy (non-hydrogen) atoms. The Labute approximate surface area is 105 Å². The van der Waals surface area contributed by atoms with Crippen LogP contribution in [0.15, 0.2) is 0 Å². The highest BCUT2D eigenvalue weighted by Crippen LogP contribution is 2.43. The van der Waals surface area contributed by atoms with Gasteiger partial charge in [-0.25, -0.2) is 0 Å². The molecule has 2 atom stereocenters. The fraction of sp³-hybridized carbons (Fsp3) is 0.929. The molecule has 1 aliphatic heterocycles. The minimum absolute atomic E-state index is 0.134. The lowest BCUT2D eigenvalue weighted by Crippen LogP contribution is -2.52. The van der Waals surface area contributed by atoms with Crippen molar-refractivity contribution in [2.75, 3.05) is 19.7 Å². The van der Waals surface area contributed by atoms with Gasteiger partial charge in [0.25, 0.3) is 0 Å². The zero-order chi connectivity index (χ0) is 12.3. The summed E-state index contributed by atoms with van der Waals surface area (Å²) in [5.74, 6) is 0.134. The molecule has 2 rings (SSSR count). The predicted octanol–water partition coefficient (Wildman–Crippen LogP) is 2.57. The summed E-state index contributed by atoms with van der Waals surface area (Å²) in [4.78, 5) is 2.48. The van der Waals surface area contributed by atoms with Gasteiger partial charge in [-0.15, -0.1) is 0 Å². The Morgan fingerprint density at radius 1 is 1.53 bits per heavy atom. The van der Waals surface area contributed by atoms with E-state index in [2.05, 4.69) is 17.9 Å². The number of hydrogen-bond donors (Lipinski definition) is 0. The van der Waals surface area contributed by atoms with Crippen LogP contribution < -0.4 is 0 Å². The van der Waals surface area contributed by atoms with Gasteiger partial charge in [0.1, 0.15) is 0 Å². The Morgan fingerprint density at radius 3 is 2.82 bits per heavy atom. The molecule has 96 valence electrons. The number of hydrogen-bond acceptors (Lipinski definition) is 3. The summed E-state index contributed by atoms with van der Waals surface area (Å²) >= 11 is 0. The van der Waals surface area contributed by atoms with Crippen molar-refractivity contribution in [3.05, 3.63) is 0 Å². The van der Waals surface area contributed by atoms with Gasteiger partial charge >= 0.3 is 0 Å². The summed E-state index contributed by atoms with van der Waals surface area (Å²) in [5, 5.41) is 8.94. The van der Waals surface area contributed by atoms with Crippen molar-refractivity contribution in [2.24, 2.45) is 5.92 Å². The molecule has 0 aromatic rings. The first-order valence-electron chi connectivity index (χ1n) is 6.97. The van der Waals surface area contributed by atoms with Crippen molar-refractivity contribution >= 4 is 0 Å². The Hall–Kier alpha value is -0.590. The zero-order valence-electron chi connectivity index (χ0n) is 11.1. The third-order valence-electron chi connectivity index (χ3n) is 4.38. The van der Waals surface area contributed by atoms with E-state index in [9.17, 15) is 0 Å². The maximum atomic E-state index is 8.94. The van der Waals surface area contributed by atoms with Crippen LogP contribution in [0, 0.1) is 17.2 Å². The van der Waals surface area contributed by atoms with Crippen molar-refractivity contribution < 1.29 is 4.74 Å². The lowest BCUT2D eigenvalue weighted by Gasteiger charge is -2.49. The van der Waals surface area contributed by atoms with E-state index in [1.54, 1.807) is 0 Å². The highest BCUT2D eigenvalue weighted by molar-refractivity contribution is 4.97. The van der Waals surface area contributed by atoms with Crippen molar-refractivity contribution in [3.63, 3.8) is 0 Å². The largest absolute Gasteiger partial charge is 0.375 e. The SMILES string of the molecule is CCN(CC(C)C#N)C1CCOC2(CCC2)C1. The van der Waals surface area contributed by atoms with Gasteiger partial charge in [0, 0.05) is 19.2 Å². The van der Waals surface area contributed by atoms with Crippen molar-refractivity contribution in [3.8, 4) is 6.07 Å². The average Bonchev–Trinajstić information content (AvgIpc) is 2.33. The molecule has 2 fully saturated rings. The van der Waals surface area contributed by atoms with Gasteiger partial charge in [-0.05, 0) is 45.6 Å². The topological polar surface area (TPSA) is 36.3 Å². The van der Waals surface area contributed by atoms with Crippen LogP contribution in [0.2, 0.25) is 0 Å². The molecule has 3 heteroatoms. The van der Waals surface area contributed by atoms with Crippen LogP contribution in [0.3, 0.4) is 0 Å². The summed E-state index contributed by atoms with van der Waals surface area (Å²) < 4.78 is 5.97. The minimum atomic E-state index is 0.134. The Balaban J connectivity index is 1.92. The molecule has 2 unspecified atom stereocenters. The van der Waals surface area contributed by atoms with Crippen molar-refractivity contribution in [2.45, 2.75) is 57.6 Å². The number of nitriles is 1. The molecular weight excluding hydrogens is 212 g/mol. The van der Waals surface area contributed by atoms with E-state index >= 15 is 0 Å². The Bertz CT molecular complexity index is 293. The molecule has 1 aliphatic carbocycles. The average molecular weight is 236 g/mol. The smallest absolute Gasteiger partial charge is 0.0697 e. The van der Waals surface area contributed by atoms with Gasteiger partial charge < -0.3 is 4.74 Å². The van der Waals surface area contributed by atoms with Crippen LogP contribution in [-0.2, 0) is 4.74 Å². The molecule has 3 nitrogen and oxygen atoms in total. The number of nitrogens with zero attached hydrogens (tertiary/aromatic N) is 2. The Kier molecular flexibility index (Phi) is 4.06. The summed E-state index contributed by atoms with van der Waals surface area (Å²) in [6.45, 7) is 7.08. The quantitative estimate of drug-likeness (QED) is 0.752. The third kappa shape index (κ3) is 2.81. The van der Waals surface area contributed by atoms with E-state index in [-0.39, 0.29) is 11.5 Å². The molecule has 1 heterocycles. The standard InChI is InChI=1S/C14H24N2O/c1-3-16(11-12(2)10-15)13-5-8-17-14(9-13)6-4-7-14/h12-13H,3-9,11H2,1-2H3. The Morgan fingerprint density at radius 2 is 2.29 bits per heavy atom. The maximum Gasteiger partial charge on any atom is 0.0697 e. The summed E-state index contributed by atoms with van der Waals surface area (Å²) in [6.07, 6.45) is 6.13. The second-order valence-electron chi connectivity index (χ2n) is 5.65. The fourth-order valence-corrected chi connectivity index (χ4v) is 3.16. The fourth-order valence-electron chi connectivity index (χ4n) is 3.16. The van der Waals surface area contributed by atoms with E-state index in [0.717, 1.165) is 26.1 Å². The summed E-state index contributed by atoms with van der Waals surface area (Å²) in [6, 6.07) is 2.97. The summed E-state index contributed by atoms with van der Waals surface area (Å²) in [7, 11) is 0. The van der Waals surface area contributed by atoms with E-state index in [1.807, 2.05) is 6.92 Å². The third-order valence-corrected chi connectivity index (χ3v) is 4.38. The second kappa shape index (κ2) is 5.37. The molecule has 0 N–H and O–H groups in total. The van der Waals surface area contributed by atoms with E-state index in [0.29, 0.717) is 6.04 Å². The molecular formula is C14H24N2O. The number of ether oxygens (including phenoxy) is 1. The van der Waals surface area contributed by atoms with Gasteiger partial charge in [-0.1, -0.05) is 6.92 Å². The molecule has 0 aromatic heterocycles. The molecule has 0 aromatic carbocycles. The highest BCUT2D eigenvalue weighted by Gasteiger charge is 2.43. The van der Waals surface area contributed by atoms with Crippen LogP contribution in [0.4, 0.5) is 0 Å². The van der Waals surface area contributed by atoms with Gasteiger partial charge in [0.2, 0.25) is 0 Å². The van der Waals surface area contributed by atoms with Crippen LogP contribution >= 0.6 is 0 Å². The maximum absolute atomic E-state index is 8.94. The van der Waals surface area contributed by atoms with E-state index in [4.69, 9.17) is 10.00 Å². The van der Waals surface area contributed by atoms with Crippen LogP contribution in [0.5, 0.6) is 0 Å². The van der Waals surface area contributed by atoms with Gasteiger partial charge in [0.15, 0.2) is 0 Å². The van der Waals surface area contributed by atoms with Crippen LogP contribution in [0.1, 0.15) is 46.0 Å². The highest BCUT2D eigenvalue weighted by atomic mass is 16.5. The monoisotopic (exact) mass is 236 g/mol. The minimum Gasteiger partial charge on any atom is -0.375 e. The molecule has 2 aliphatic rings. The molecule has 0 radical (unpaired) electrons. The molecule has 1 saturated carbocycles. The molecule has 1 saturated heterocycles. The van der Waals surface area contributed by atoms with Gasteiger partial charge in [0.05, 0.1) is 17.6 Å². The van der Waals surface area contributed by atoms with Gasteiger partial charge in [-0.3, -0.25) is 4.90 Å². The normalized spacial score (nSPS) is 28.7. The van der Waals surface area contributed by atoms with Crippen LogP contribution in [-0.4, -0.2) is 36.2 Å². The van der Waals surface area contributed by atoms with Crippen molar-refractivity contribution in [1.29, 1.82) is 5.26 Å². The van der Waals surface area contributed by atoms with Crippen LogP contribution in [0.25, 0.3) is 0 Å². The zero-order valence-corrected chi connectivity index (χ0v) is 11.1. The van der Waals surface area contributed by atoms with Gasteiger partial charge in [-0.2, -0.15) is 5.26 Å². The van der Waals surface area contributed by atoms with E-state index < -0.39 is 0 Å². The second-order valence-corrected chi connectivity index (χ2v) is 5.65. The first kappa shape index (κ1) is 12.9.